The molecule has 1 aromatic heterocycles. The molecule has 0 saturated carbocycles. The first-order valence-corrected chi connectivity index (χ1v) is 3.95. The van der Waals surface area contributed by atoms with Crippen molar-refractivity contribution in [3.63, 3.8) is 0 Å². The molecule has 13 heavy (non-hydrogen) atoms. The first-order chi connectivity index (χ1) is 6.22. The average molecular weight is 177 g/mol. The zero-order chi connectivity index (χ0) is 9.42. The van der Waals surface area contributed by atoms with E-state index in [9.17, 15) is 9.18 Å². The Morgan fingerprint density at radius 3 is 2.92 bits per heavy atom. The zero-order valence-electron chi connectivity index (χ0n) is 7.10. The van der Waals surface area contributed by atoms with E-state index in [0.29, 0.717) is 16.5 Å². The van der Waals surface area contributed by atoms with Crippen molar-refractivity contribution >= 4 is 17.2 Å². The Kier molecular flexibility index (Phi) is 1.65. The van der Waals surface area contributed by atoms with Gasteiger partial charge in [0.1, 0.15) is 5.82 Å². The maximum Gasteiger partial charge on any atom is 0.152 e. The van der Waals surface area contributed by atoms with E-state index < -0.39 is 0 Å². The van der Waals surface area contributed by atoms with Gasteiger partial charge in [0.15, 0.2) is 6.29 Å². The van der Waals surface area contributed by atoms with Crippen molar-refractivity contribution in [1.29, 1.82) is 0 Å². The van der Waals surface area contributed by atoms with Crippen LogP contribution < -0.4 is 0 Å². The van der Waals surface area contributed by atoms with Gasteiger partial charge in [0.2, 0.25) is 0 Å². The first kappa shape index (κ1) is 7.98. The molecule has 0 aliphatic rings. The van der Waals surface area contributed by atoms with Crippen molar-refractivity contribution in [3.8, 4) is 0 Å². The molecule has 66 valence electrons. The van der Waals surface area contributed by atoms with E-state index in [-0.39, 0.29) is 5.82 Å². The van der Waals surface area contributed by atoms with E-state index in [2.05, 4.69) is 4.98 Å². The number of aromatic amines is 1. The zero-order valence-corrected chi connectivity index (χ0v) is 7.10. The Morgan fingerprint density at radius 1 is 1.46 bits per heavy atom. The molecular weight excluding hydrogens is 169 g/mol. The third-order valence-electron chi connectivity index (χ3n) is 2.03. The summed E-state index contributed by atoms with van der Waals surface area (Å²) in [5.74, 6) is -0.301. The lowest BCUT2D eigenvalue weighted by Crippen LogP contribution is -1.84. The fourth-order valence-electron chi connectivity index (χ4n) is 1.44. The molecule has 0 unspecified atom stereocenters. The van der Waals surface area contributed by atoms with Gasteiger partial charge in [0.25, 0.3) is 0 Å². The minimum atomic E-state index is -0.301. The number of benzene rings is 1. The summed E-state index contributed by atoms with van der Waals surface area (Å²) in [7, 11) is 0. The Labute approximate surface area is 74.4 Å². The van der Waals surface area contributed by atoms with E-state index in [1.807, 2.05) is 6.92 Å². The summed E-state index contributed by atoms with van der Waals surface area (Å²) in [6.07, 6.45) is 0.720. The third-order valence-corrected chi connectivity index (χ3v) is 2.03. The molecule has 0 aliphatic carbocycles. The fourth-order valence-corrected chi connectivity index (χ4v) is 1.44. The van der Waals surface area contributed by atoms with Crippen LogP contribution in [0.4, 0.5) is 4.39 Å². The monoisotopic (exact) mass is 177 g/mol. The summed E-state index contributed by atoms with van der Waals surface area (Å²) >= 11 is 0. The molecule has 2 nitrogen and oxygen atoms in total. The van der Waals surface area contributed by atoms with Crippen LogP contribution in [-0.4, -0.2) is 11.3 Å². The molecule has 0 aliphatic heterocycles. The van der Waals surface area contributed by atoms with Crippen molar-refractivity contribution in [2.45, 2.75) is 6.92 Å². The number of H-pyrrole nitrogens is 1. The first-order valence-electron chi connectivity index (χ1n) is 3.95. The topological polar surface area (TPSA) is 32.9 Å². The normalized spacial score (nSPS) is 10.6. The molecule has 1 aromatic carbocycles. The lowest BCUT2D eigenvalue weighted by atomic mass is 10.1. The Bertz CT molecular complexity index is 473. The number of aromatic nitrogens is 1. The average Bonchev–Trinajstić information content (AvgIpc) is 2.48. The molecule has 0 fully saturated rings. The Morgan fingerprint density at radius 2 is 2.23 bits per heavy atom. The van der Waals surface area contributed by atoms with Gasteiger partial charge in [0.05, 0.1) is 5.52 Å². The number of aryl methyl sites for hydroxylation is 1. The van der Waals surface area contributed by atoms with Gasteiger partial charge in [-0.15, -0.1) is 0 Å². The van der Waals surface area contributed by atoms with Gasteiger partial charge in [-0.25, -0.2) is 4.39 Å². The number of nitrogens with one attached hydrogen (secondary N) is 1. The van der Waals surface area contributed by atoms with Crippen LogP contribution in [0.15, 0.2) is 18.2 Å². The highest BCUT2D eigenvalue weighted by atomic mass is 19.1. The summed E-state index contributed by atoms with van der Waals surface area (Å²) in [5, 5.41) is 0.474. The lowest BCUT2D eigenvalue weighted by molar-refractivity contribution is 0.112. The van der Waals surface area contributed by atoms with Gasteiger partial charge in [-0.05, 0) is 25.1 Å². The van der Waals surface area contributed by atoms with Crippen LogP contribution in [0.5, 0.6) is 0 Å². The summed E-state index contributed by atoms with van der Waals surface area (Å²) in [6, 6.07) is 4.47. The van der Waals surface area contributed by atoms with Crippen LogP contribution in [0.25, 0.3) is 10.9 Å². The van der Waals surface area contributed by atoms with Crippen molar-refractivity contribution in [2.24, 2.45) is 0 Å². The highest BCUT2D eigenvalue weighted by molar-refractivity contribution is 5.96. The van der Waals surface area contributed by atoms with Crippen LogP contribution in [0.1, 0.15) is 16.1 Å². The number of halogens is 1. The highest BCUT2D eigenvalue weighted by Crippen LogP contribution is 2.21. The quantitative estimate of drug-likeness (QED) is 0.666. The summed E-state index contributed by atoms with van der Waals surface area (Å²) in [6.45, 7) is 1.83. The van der Waals surface area contributed by atoms with Crippen molar-refractivity contribution in [3.05, 3.63) is 35.3 Å². The standard InChI is InChI=1S/C10H8FNO/c1-6-4-8-9(11)3-2-7(5-13)10(8)12-6/h2-5,12H,1H3. The molecule has 0 spiro atoms. The Hall–Kier alpha value is -1.64. The summed E-state index contributed by atoms with van der Waals surface area (Å²) < 4.78 is 13.2. The van der Waals surface area contributed by atoms with E-state index in [0.717, 1.165) is 12.0 Å². The van der Waals surface area contributed by atoms with Gasteiger partial charge in [-0.3, -0.25) is 4.79 Å². The van der Waals surface area contributed by atoms with Crippen LogP contribution >= 0.6 is 0 Å². The highest BCUT2D eigenvalue weighted by Gasteiger charge is 2.07. The SMILES string of the molecule is Cc1cc2c(F)ccc(C=O)c2[nH]1. The number of rotatable bonds is 1. The van der Waals surface area contributed by atoms with Gasteiger partial charge in [-0.1, -0.05) is 0 Å². The maximum atomic E-state index is 13.2. The van der Waals surface area contributed by atoms with E-state index in [1.54, 1.807) is 6.07 Å². The minimum Gasteiger partial charge on any atom is -0.358 e. The largest absolute Gasteiger partial charge is 0.358 e. The molecule has 2 rings (SSSR count). The number of aldehydes is 1. The Balaban J connectivity index is 2.91. The third kappa shape index (κ3) is 1.13. The molecule has 0 atom stereocenters. The summed E-state index contributed by atoms with van der Waals surface area (Å²) in [4.78, 5) is 13.5. The van der Waals surface area contributed by atoms with E-state index in [1.165, 1.54) is 12.1 Å². The second-order valence-corrected chi connectivity index (χ2v) is 3.00. The molecule has 1 heterocycles. The molecule has 0 amide bonds. The van der Waals surface area contributed by atoms with Gasteiger partial charge in [0, 0.05) is 16.6 Å². The van der Waals surface area contributed by atoms with Crippen LogP contribution in [0, 0.1) is 12.7 Å². The predicted molar refractivity (Wildman–Crippen MR) is 48.4 cm³/mol. The number of hydrogen-bond donors (Lipinski definition) is 1. The molecular formula is C10H8FNO. The molecule has 0 saturated heterocycles. The second kappa shape index (κ2) is 2.69. The van der Waals surface area contributed by atoms with Crippen LogP contribution in [0.3, 0.4) is 0 Å². The van der Waals surface area contributed by atoms with Crippen molar-refractivity contribution < 1.29 is 9.18 Å². The summed E-state index contributed by atoms with van der Waals surface area (Å²) in [5.41, 5.74) is 1.92. The van der Waals surface area contributed by atoms with Gasteiger partial charge >= 0.3 is 0 Å². The molecule has 2 aromatic rings. The van der Waals surface area contributed by atoms with E-state index in [4.69, 9.17) is 0 Å². The van der Waals surface area contributed by atoms with Crippen LogP contribution in [0.2, 0.25) is 0 Å². The molecule has 3 heteroatoms. The number of fused-ring (bicyclic) bond motifs is 1. The van der Waals surface area contributed by atoms with Crippen molar-refractivity contribution in [2.75, 3.05) is 0 Å². The van der Waals surface area contributed by atoms with E-state index >= 15 is 0 Å². The van der Waals surface area contributed by atoms with Crippen LogP contribution in [-0.2, 0) is 0 Å². The lowest BCUT2D eigenvalue weighted by Gasteiger charge is -1.94. The predicted octanol–water partition coefficient (Wildman–Crippen LogP) is 2.43. The number of hydrogen-bond acceptors (Lipinski definition) is 1. The second-order valence-electron chi connectivity index (χ2n) is 3.00. The molecule has 0 radical (unpaired) electrons. The van der Waals surface area contributed by atoms with Crippen molar-refractivity contribution in [1.82, 2.24) is 4.98 Å². The maximum absolute atomic E-state index is 13.2. The molecule has 1 N–H and O–H groups in total. The number of carbonyl (C=O) groups is 1. The van der Waals surface area contributed by atoms with Gasteiger partial charge < -0.3 is 4.98 Å². The molecule has 0 bridgehead atoms. The fraction of sp³-hybridized carbons (Fsp3) is 0.100. The smallest absolute Gasteiger partial charge is 0.152 e. The number of carbonyl (C=O) groups excluding carboxylic acids is 1. The van der Waals surface area contributed by atoms with Gasteiger partial charge in [-0.2, -0.15) is 0 Å². The minimum absolute atomic E-state index is 0.301.